The van der Waals surface area contributed by atoms with Gasteiger partial charge in [0.05, 0.1) is 11.1 Å². The van der Waals surface area contributed by atoms with Crippen molar-refractivity contribution in [2.45, 2.75) is 25.9 Å². The Morgan fingerprint density at radius 2 is 2.29 bits per heavy atom. The number of aliphatic hydroxyl groups is 1. The second-order valence-electron chi connectivity index (χ2n) is 3.78. The average Bonchev–Trinajstić information content (AvgIpc) is 2.30. The summed E-state index contributed by atoms with van der Waals surface area (Å²) in [7, 11) is 0. The Hall–Kier alpha value is -0.580. The molecule has 1 unspecified atom stereocenters. The van der Waals surface area contributed by atoms with Crippen LogP contribution >= 0.6 is 27.5 Å². The Kier molecular flexibility index (Phi) is 5.95. The van der Waals surface area contributed by atoms with Crippen molar-refractivity contribution in [3.8, 4) is 0 Å². The maximum absolute atomic E-state index is 11.7. The van der Waals surface area contributed by atoms with Gasteiger partial charge in [-0.05, 0) is 40.5 Å². The monoisotopic (exact) mass is 319 g/mol. The number of aliphatic hydroxyl groups excluding tert-OH is 1. The van der Waals surface area contributed by atoms with E-state index in [2.05, 4.69) is 21.2 Å². The maximum atomic E-state index is 11.7. The van der Waals surface area contributed by atoms with Gasteiger partial charge in [0.2, 0.25) is 0 Å². The number of amides is 1. The number of rotatable bonds is 5. The third-order valence-corrected chi connectivity index (χ3v) is 3.52. The number of hydrogen-bond donors (Lipinski definition) is 2. The van der Waals surface area contributed by atoms with Crippen molar-refractivity contribution in [1.29, 1.82) is 0 Å². The number of nitrogens with one attached hydrogen (secondary N) is 1. The van der Waals surface area contributed by atoms with Gasteiger partial charge in [0.25, 0.3) is 5.91 Å². The predicted molar refractivity (Wildman–Crippen MR) is 72.4 cm³/mol. The highest BCUT2D eigenvalue weighted by Crippen LogP contribution is 2.23. The van der Waals surface area contributed by atoms with Crippen LogP contribution in [0.25, 0.3) is 0 Å². The summed E-state index contributed by atoms with van der Waals surface area (Å²) in [4.78, 5) is 11.7. The Morgan fingerprint density at radius 3 is 2.88 bits per heavy atom. The fourth-order valence-corrected chi connectivity index (χ4v) is 1.88. The van der Waals surface area contributed by atoms with Crippen molar-refractivity contribution in [1.82, 2.24) is 5.32 Å². The fraction of sp³-hybridized carbons (Fsp3) is 0.417. The molecule has 0 heterocycles. The first-order valence-electron chi connectivity index (χ1n) is 5.46. The fourth-order valence-electron chi connectivity index (χ4n) is 1.39. The second-order valence-corrected chi connectivity index (χ2v) is 5.04. The van der Waals surface area contributed by atoms with E-state index in [9.17, 15) is 9.90 Å². The number of hydrogen-bond acceptors (Lipinski definition) is 2. The number of carbonyl (C=O) groups excluding carboxylic acids is 1. The van der Waals surface area contributed by atoms with E-state index in [0.717, 1.165) is 6.42 Å². The molecule has 1 aromatic carbocycles. The summed E-state index contributed by atoms with van der Waals surface area (Å²) in [5, 5.41) is 12.7. The van der Waals surface area contributed by atoms with E-state index in [0.29, 0.717) is 21.5 Å². The lowest BCUT2D eigenvalue weighted by Crippen LogP contribution is -2.31. The standard InChI is InChI=1S/C12H15BrClNO2/c1-2-3-9(16)7-15-12(17)8-4-5-11(14)10(13)6-8/h4-6,9,16H,2-3,7H2,1H3,(H,15,17). The molecule has 1 atom stereocenters. The quantitative estimate of drug-likeness (QED) is 0.876. The van der Waals surface area contributed by atoms with E-state index in [-0.39, 0.29) is 12.5 Å². The van der Waals surface area contributed by atoms with E-state index < -0.39 is 6.10 Å². The van der Waals surface area contributed by atoms with Gasteiger partial charge in [0.1, 0.15) is 0 Å². The molecular weight excluding hydrogens is 305 g/mol. The number of benzene rings is 1. The molecule has 0 aliphatic rings. The van der Waals surface area contributed by atoms with Gasteiger partial charge in [0.15, 0.2) is 0 Å². The van der Waals surface area contributed by atoms with Crippen molar-refractivity contribution in [2.75, 3.05) is 6.54 Å². The number of carbonyl (C=O) groups is 1. The van der Waals surface area contributed by atoms with Crippen LogP contribution in [0.4, 0.5) is 0 Å². The summed E-state index contributed by atoms with van der Waals surface area (Å²) in [5.74, 6) is -0.211. The molecule has 17 heavy (non-hydrogen) atoms. The Balaban J connectivity index is 2.55. The van der Waals surface area contributed by atoms with Crippen LogP contribution in [0.15, 0.2) is 22.7 Å². The first-order valence-corrected chi connectivity index (χ1v) is 6.63. The van der Waals surface area contributed by atoms with Crippen LogP contribution in [-0.2, 0) is 0 Å². The molecule has 94 valence electrons. The highest BCUT2D eigenvalue weighted by Gasteiger charge is 2.09. The van der Waals surface area contributed by atoms with E-state index in [1.54, 1.807) is 18.2 Å². The zero-order valence-electron chi connectivity index (χ0n) is 9.54. The van der Waals surface area contributed by atoms with Gasteiger partial charge in [-0.3, -0.25) is 4.79 Å². The smallest absolute Gasteiger partial charge is 0.251 e. The summed E-state index contributed by atoms with van der Waals surface area (Å²) < 4.78 is 0.681. The molecular formula is C12H15BrClNO2. The Bertz CT molecular complexity index is 398. The van der Waals surface area contributed by atoms with E-state index in [1.807, 2.05) is 6.92 Å². The van der Waals surface area contributed by atoms with Gasteiger partial charge in [0, 0.05) is 16.6 Å². The summed E-state index contributed by atoms with van der Waals surface area (Å²) in [6, 6.07) is 4.96. The molecule has 0 saturated carbocycles. The summed E-state index contributed by atoms with van der Waals surface area (Å²) in [6.45, 7) is 2.26. The second kappa shape index (κ2) is 6.99. The van der Waals surface area contributed by atoms with Crippen molar-refractivity contribution >= 4 is 33.4 Å². The largest absolute Gasteiger partial charge is 0.391 e. The van der Waals surface area contributed by atoms with Crippen molar-refractivity contribution in [2.24, 2.45) is 0 Å². The van der Waals surface area contributed by atoms with Crippen LogP contribution in [0.1, 0.15) is 30.1 Å². The average molecular weight is 321 g/mol. The van der Waals surface area contributed by atoms with Crippen LogP contribution in [-0.4, -0.2) is 23.7 Å². The summed E-state index contributed by atoms with van der Waals surface area (Å²) in [6.07, 6.45) is 1.09. The summed E-state index contributed by atoms with van der Waals surface area (Å²) >= 11 is 9.09. The van der Waals surface area contributed by atoms with Crippen LogP contribution < -0.4 is 5.32 Å². The van der Waals surface area contributed by atoms with E-state index in [1.165, 1.54) is 0 Å². The maximum Gasteiger partial charge on any atom is 0.251 e. The predicted octanol–water partition coefficient (Wildman–Crippen LogP) is 2.99. The minimum atomic E-state index is -0.486. The van der Waals surface area contributed by atoms with Gasteiger partial charge in [-0.1, -0.05) is 24.9 Å². The summed E-state index contributed by atoms with van der Waals surface area (Å²) in [5.41, 5.74) is 0.518. The van der Waals surface area contributed by atoms with Gasteiger partial charge in [-0.15, -0.1) is 0 Å². The van der Waals surface area contributed by atoms with E-state index >= 15 is 0 Å². The molecule has 1 rings (SSSR count). The molecule has 1 aromatic rings. The third kappa shape index (κ3) is 4.66. The van der Waals surface area contributed by atoms with Crippen molar-refractivity contribution < 1.29 is 9.90 Å². The lowest BCUT2D eigenvalue weighted by Gasteiger charge is -2.11. The molecule has 0 aliphatic heterocycles. The van der Waals surface area contributed by atoms with Gasteiger partial charge in [-0.2, -0.15) is 0 Å². The molecule has 0 fully saturated rings. The minimum absolute atomic E-state index is 0.211. The molecule has 0 spiro atoms. The molecule has 2 N–H and O–H groups in total. The molecule has 0 aromatic heterocycles. The SMILES string of the molecule is CCCC(O)CNC(=O)c1ccc(Cl)c(Br)c1. The molecule has 3 nitrogen and oxygen atoms in total. The Labute approximate surface area is 114 Å². The normalized spacial score (nSPS) is 12.2. The molecule has 0 radical (unpaired) electrons. The zero-order valence-corrected chi connectivity index (χ0v) is 11.9. The first kappa shape index (κ1) is 14.5. The van der Waals surface area contributed by atoms with Gasteiger partial charge >= 0.3 is 0 Å². The lowest BCUT2D eigenvalue weighted by atomic mass is 10.2. The molecule has 0 bridgehead atoms. The van der Waals surface area contributed by atoms with Gasteiger partial charge < -0.3 is 10.4 Å². The topological polar surface area (TPSA) is 49.3 Å². The molecule has 0 aliphatic carbocycles. The first-order chi connectivity index (χ1) is 8.04. The van der Waals surface area contributed by atoms with Crippen LogP contribution in [0.3, 0.4) is 0 Å². The third-order valence-electron chi connectivity index (χ3n) is 2.30. The highest BCUT2D eigenvalue weighted by atomic mass is 79.9. The number of halogens is 2. The minimum Gasteiger partial charge on any atom is -0.391 e. The lowest BCUT2D eigenvalue weighted by molar-refractivity contribution is 0.0910. The molecule has 0 saturated heterocycles. The van der Waals surface area contributed by atoms with Crippen molar-refractivity contribution in [3.05, 3.63) is 33.3 Å². The molecule has 5 heteroatoms. The molecule has 1 amide bonds. The zero-order chi connectivity index (χ0) is 12.8. The van der Waals surface area contributed by atoms with Crippen LogP contribution in [0, 0.1) is 0 Å². The highest BCUT2D eigenvalue weighted by molar-refractivity contribution is 9.10. The Morgan fingerprint density at radius 1 is 1.59 bits per heavy atom. The van der Waals surface area contributed by atoms with Crippen LogP contribution in [0.5, 0.6) is 0 Å². The van der Waals surface area contributed by atoms with Crippen molar-refractivity contribution in [3.63, 3.8) is 0 Å². The van der Waals surface area contributed by atoms with E-state index in [4.69, 9.17) is 11.6 Å². The van der Waals surface area contributed by atoms with Gasteiger partial charge in [-0.25, -0.2) is 0 Å². The van der Waals surface area contributed by atoms with Crippen LogP contribution in [0.2, 0.25) is 5.02 Å².